The van der Waals surface area contributed by atoms with Crippen molar-refractivity contribution in [2.45, 2.75) is 6.42 Å². The Balaban J connectivity index is 1.42. The topological polar surface area (TPSA) is 63.3 Å². The maximum atomic E-state index is 12.4. The summed E-state index contributed by atoms with van der Waals surface area (Å²) in [4.78, 5) is 15.6. The Hall–Kier alpha value is -3.99. The van der Waals surface area contributed by atoms with Crippen molar-refractivity contribution < 1.29 is 14.3 Å². The van der Waals surface area contributed by atoms with E-state index in [1.807, 2.05) is 60.8 Å². The average molecular weight is 427 g/mol. The molecule has 0 atom stereocenters. The lowest BCUT2D eigenvalue weighted by Gasteiger charge is -2.12. The minimum atomic E-state index is -0.133. The molecule has 4 rings (SSSR count). The quantitative estimate of drug-likeness (QED) is 0.380. The van der Waals surface area contributed by atoms with Gasteiger partial charge < -0.3 is 19.8 Å². The fraction of sp³-hybridized carbons (Fsp3) is 0.148. The lowest BCUT2D eigenvalue weighted by molar-refractivity contribution is -0.116. The van der Waals surface area contributed by atoms with Crippen molar-refractivity contribution >= 4 is 22.9 Å². The number of ether oxygens (including phenoxy) is 2. The maximum absolute atomic E-state index is 12.4. The molecule has 0 aliphatic rings. The zero-order valence-corrected chi connectivity index (χ0v) is 18.2. The normalized spacial score (nSPS) is 11.1. The van der Waals surface area contributed by atoms with Gasteiger partial charge in [-0.15, -0.1) is 0 Å². The molecular weight excluding hydrogens is 400 g/mol. The molecule has 162 valence electrons. The van der Waals surface area contributed by atoms with Crippen molar-refractivity contribution in [2.75, 3.05) is 20.8 Å². The molecule has 0 spiro atoms. The summed E-state index contributed by atoms with van der Waals surface area (Å²) in [6.45, 7) is 0.526. The minimum absolute atomic E-state index is 0.133. The molecule has 2 N–H and O–H groups in total. The molecule has 0 aliphatic carbocycles. The lowest BCUT2D eigenvalue weighted by atomic mass is 9.97. The number of carbonyl (C=O) groups is 1. The standard InChI is InChI=1S/C27H26N2O3/c1-31-22-12-13-23(19-7-4-3-5-8-19)20(17-22)15-16-28-26(30)14-11-21-18-29-27-24(21)9-6-10-25(27)32-2/h3-14,17-18,29H,15-16H2,1-2H3,(H,28,30)/b14-11+. The first-order valence-corrected chi connectivity index (χ1v) is 10.5. The fourth-order valence-electron chi connectivity index (χ4n) is 3.80. The highest BCUT2D eigenvalue weighted by molar-refractivity contribution is 5.97. The molecule has 0 fully saturated rings. The number of fused-ring (bicyclic) bond motifs is 1. The number of amides is 1. The number of nitrogens with one attached hydrogen (secondary N) is 2. The van der Waals surface area contributed by atoms with Crippen LogP contribution < -0.4 is 14.8 Å². The second kappa shape index (κ2) is 9.88. The zero-order valence-electron chi connectivity index (χ0n) is 18.2. The van der Waals surface area contributed by atoms with Crippen molar-refractivity contribution in [1.29, 1.82) is 0 Å². The number of benzene rings is 3. The Morgan fingerprint density at radius 3 is 2.62 bits per heavy atom. The summed E-state index contributed by atoms with van der Waals surface area (Å²) in [5.74, 6) is 1.45. The molecule has 5 heteroatoms. The smallest absolute Gasteiger partial charge is 0.244 e. The molecule has 1 aromatic heterocycles. The van der Waals surface area contributed by atoms with Gasteiger partial charge in [0, 0.05) is 29.8 Å². The number of H-pyrrole nitrogens is 1. The highest BCUT2D eigenvalue weighted by atomic mass is 16.5. The molecule has 1 amide bonds. The van der Waals surface area contributed by atoms with Crippen molar-refractivity contribution in [3.8, 4) is 22.6 Å². The van der Waals surface area contributed by atoms with Crippen LogP contribution >= 0.6 is 0 Å². The number of rotatable bonds is 8. The maximum Gasteiger partial charge on any atom is 0.244 e. The van der Waals surface area contributed by atoms with Crippen LogP contribution in [0.1, 0.15) is 11.1 Å². The van der Waals surface area contributed by atoms with Crippen molar-refractivity contribution in [2.24, 2.45) is 0 Å². The van der Waals surface area contributed by atoms with E-state index in [1.165, 1.54) is 0 Å². The van der Waals surface area contributed by atoms with Crippen LogP contribution in [-0.4, -0.2) is 31.7 Å². The predicted molar refractivity (Wildman–Crippen MR) is 129 cm³/mol. The van der Waals surface area contributed by atoms with Crippen LogP contribution in [0.15, 0.2) is 79.0 Å². The van der Waals surface area contributed by atoms with Gasteiger partial charge in [0.15, 0.2) is 0 Å². The SMILES string of the molecule is COc1ccc(-c2ccccc2)c(CCNC(=O)/C=C/c2c[nH]c3c(OC)cccc23)c1. The van der Waals surface area contributed by atoms with Gasteiger partial charge in [0.1, 0.15) is 11.5 Å². The van der Waals surface area contributed by atoms with Gasteiger partial charge >= 0.3 is 0 Å². The Morgan fingerprint density at radius 2 is 1.84 bits per heavy atom. The van der Waals surface area contributed by atoms with Crippen LogP contribution in [0, 0.1) is 0 Å². The van der Waals surface area contributed by atoms with E-state index in [9.17, 15) is 4.79 Å². The number of aromatic nitrogens is 1. The van der Waals surface area contributed by atoms with Gasteiger partial charge in [0.25, 0.3) is 0 Å². The number of carbonyl (C=O) groups excluding carboxylic acids is 1. The summed E-state index contributed by atoms with van der Waals surface area (Å²) in [6.07, 6.45) is 5.95. The second-order valence-electron chi connectivity index (χ2n) is 7.39. The third kappa shape index (κ3) is 4.67. The van der Waals surface area contributed by atoms with Gasteiger partial charge in [-0.25, -0.2) is 0 Å². The third-order valence-electron chi connectivity index (χ3n) is 5.43. The first kappa shape index (κ1) is 21.2. The number of hydrogen-bond donors (Lipinski definition) is 2. The zero-order chi connectivity index (χ0) is 22.3. The molecule has 5 nitrogen and oxygen atoms in total. The second-order valence-corrected chi connectivity index (χ2v) is 7.39. The molecule has 4 aromatic rings. The molecule has 3 aromatic carbocycles. The molecule has 0 saturated heterocycles. The first-order chi connectivity index (χ1) is 15.7. The van der Waals surface area contributed by atoms with Crippen LogP contribution in [0.2, 0.25) is 0 Å². The van der Waals surface area contributed by atoms with E-state index in [4.69, 9.17) is 9.47 Å². The van der Waals surface area contributed by atoms with E-state index in [0.717, 1.165) is 44.7 Å². The van der Waals surface area contributed by atoms with Gasteiger partial charge in [0.2, 0.25) is 5.91 Å². The highest BCUT2D eigenvalue weighted by Crippen LogP contribution is 2.28. The van der Waals surface area contributed by atoms with E-state index >= 15 is 0 Å². The number of para-hydroxylation sites is 1. The summed E-state index contributed by atoms with van der Waals surface area (Å²) < 4.78 is 10.8. The van der Waals surface area contributed by atoms with E-state index < -0.39 is 0 Å². The number of methoxy groups -OCH3 is 2. The lowest BCUT2D eigenvalue weighted by Crippen LogP contribution is -2.23. The monoisotopic (exact) mass is 426 g/mol. The molecule has 0 radical (unpaired) electrons. The number of aromatic amines is 1. The summed E-state index contributed by atoms with van der Waals surface area (Å²) in [7, 11) is 3.30. The van der Waals surface area contributed by atoms with Crippen molar-refractivity contribution in [1.82, 2.24) is 10.3 Å². The predicted octanol–water partition coefficient (Wildman–Crippen LogP) is 5.22. The van der Waals surface area contributed by atoms with E-state index in [0.29, 0.717) is 13.0 Å². The van der Waals surface area contributed by atoms with Crippen LogP contribution in [0.3, 0.4) is 0 Å². The van der Waals surface area contributed by atoms with Crippen LogP contribution in [0.25, 0.3) is 28.1 Å². The van der Waals surface area contributed by atoms with E-state index in [1.54, 1.807) is 20.3 Å². The molecule has 0 aliphatic heterocycles. The molecule has 0 saturated carbocycles. The minimum Gasteiger partial charge on any atom is -0.497 e. The van der Waals surface area contributed by atoms with Gasteiger partial charge in [-0.05, 0) is 47.4 Å². The first-order valence-electron chi connectivity index (χ1n) is 10.5. The van der Waals surface area contributed by atoms with Crippen LogP contribution in [0.4, 0.5) is 0 Å². The Bertz CT molecular complexity index is 1240. The fourth-order valence-corrected chi connectivity index (χ4v) is 3.80. The van der Waals surface area contributed by atoms with Crippen molar-refractivity contribution in [3.63, 3.8) is 0 Å². The van der Waals surface area contributed by atoms with Crippen LogP contribution in [0.5, 0.6) is 11.5 Å². The Labute approximate surface area is 187 Å². The Kier molecular flexibility index (Phi) is 6.56. The molecular formula is C27H26N2O3. The summed E-state index contributed by atoms with van der Waals surface area (Å²) in [5, 5.41) is 3.99. The molecule has 32 heavy (non-hydrogen) atoms. The van der Waals surface area contributed by atoms with E-state index in [2.05, 4.69) is 28.5 Å². The molecule has 0 unspecified atom stereocenters. The largest absolute Gasteiger partial charge is 0.497 e. The highest BCUT2D eigenvalue weighted by Gasteiger charge is 2.08. The average Bonchev–Trinajstić information content (AvgIpc) is 3.26. The number of hydrogen-bond acceptors (Lipinski definition) is 3. The van der Waals surface area contributed by atoms with Gasteiger partial charge in [-0.3, -0.25) is 4.79 Å². The van der Waals surface area contributed by atoms with Crippen LogP contribution in [-0.2, 0) is 11.2 Å². The van der Waals surface area contributed by atoms with Gasteiger partial charge in [0.05, 0.1) is 19.7 Å². The molecule has 0 bridgehead atoms. The Morgan fingerprint density at radius 1 is 1.00 bits per heavy atom. The summed E-state index contributed by atoms with van der Waals surface area (Å²) in [5.41, 5.74) is 5.27. The third-order valence-corrected chi connectivity index (χ3v) is 5.43. The van der Waals surface area contributed by atoms with E-state index in [-0.39, 0.29) is 5.91 Å². The van der Waals surface area contributed by atoms with Gasteiger partial charge in [-0.2, -0.15) is 0 Å². The van der Waals surface area contributed by atoms with Gasteiger partial charge in [-0.1, -0.05) is 48.5 Å². The van der Waals surface area contributed by atoms with Crippen molar-refractivity contribution in [3.05, 3.63) is 90.1 Å². The molecule has 1 heterocycles. The summed E-state index contributed by atoms with van der Waals surface area (Å²) in [6, 6.07) is 22.1. The summed E-state index contributed by atoms with van der Waals surface area (Å²) >= 11 is 0.